The van der Waals surface area contributed by atoms with Gasteiger partial charge in [-0.1, -0.05) is 0 Å². The number of ether oxygens (including phenoxy) is 1. The lowest BCUT2D eigenvalue weighted by Gasteiger charge is -2.39. The van der Waals surface area contributed by atoms with Gasteiger partial charge in [-0.15, -0.1) is 11.3 Å². The molecule has 2 aromatic rings. The van der Waals surface area contributed by atoms with E-state index in [2.05, 4.69) is 10.3 Å². The normalized spacial score (nSPS) is 30.0. The molecule has 142 valence electrons. The Balaban J connectivity index is 1.26. The molecule has 3 fully saturated rings. The molecule has 6 nitrogen and oxygen atoms in total. The number of piperidine rings is 1. The highest BCUT2D eigenvalue weighted by Gasteiger charge is 2.45. The van der Waals surface area contributed by atoms with Gasteiger partial charge in [0, 0.05) is 31.3 Å². The Morgan fingerprint density at radius 1 is 1.19 bits per heavy atom. The zero-order chi connectivity index (χ0) is 18.4. The van der Waals surface area contributed by atoms with E-state index in [1.807, 2.05) is 23.1 Å². The molecule has 2 amide bonds. The van der Waals surface area contributed by atoms with Crippen LogP contribution in [0, 0.1) is 11.8 Å². The Hall–Kier alpha value is -1.99. The maximum absolute atomic E-state index is 12.8. The number of amides is 2. The van der Waals surface area contributed by atoms with E-state index in [9.17, 15) is 9.59 Å². The van der Waals surface area contributed by atoms with E-state index in [4.69, 9.17) is 4.74 Å². The van der Waals surface area contributed by atoms with Gasteiger partial charge in [0.1, 0.15) is 6.10 Å². The van der Waals surface area contributed by atoms with Crippen molar-refractivity contribution in [1.29, 1.82) is 0 Å². The zero-order valence-electron chi connectivity index (χ0n) is 15.1. The fraction of sp³-hybridized carbons (Fsp3) is 0.550. The molecule has 2 saturated heterocycles. The molecule has 7 heteroatoms. The standard InChI is InChI=1S/C20H23N3O3S/c24-19(12-5-6-15-17(8-12)27-11-21-15)22-18-13-3-4-14(18)10-23(9-13)20(25)16-2-1-7-26-16/h5-6,8,11,13-14,16,18H,1-4,7,9-10H2,(H,22,24)/t13-,14+,16?,18?. The average Bonchev–Trinajstić information content (AvgIpc) is 3.41. The number of carbonyl (C=O) groups is 2. The summed E-state index contributed by atoms with van der Waals surface area (Å²) in [5.41, 5.74) is 3.41. The predicted molar refractivity (Wildman–Crippen MR) is 103 cm³/mol. The third-order valence-electron chi connectivity index (χ3n) is 6.24. The quantitative estimate of drug-likeness (QED) is 0.881. The van der Waals surface area contributed by atoms with Crippen LogP contribution >= 0.6 is 11.3 Å². The van der Waals surface area contributed by atoms with Crippen LogP contribution in [-0.4, -0.2) is 53.5 Å². The fourth-order valence-electron chi connectivity index (χ4n) is 4.85. The number of nitrogens with one attached hydrogen (secondary N) is 1. The van der Waals surface area contributed by atoms with Gasteiger partial charge in [0.05, 0.1) is 15.7 Å². The molecule has 27 heavy (non-hydrogen) atoms. The molecule has 2 aliphatic heterocycles. The summed E-state index contributed by atoms with van der Waals surface area (Å²) in [5, 5.41) is 3.26. The molecular formula is C20H23N3O3S. The lowest BCUT2D eigenvalue weighted by atomic mass is 9.91. The van der Waals surface area contributed by atoms with E-state index in [0.717, 1.165) is 49.0 Å². The number of likely N-dealkylation sites (tertiary alicyclic amines) is 1. The number of carbonyl (C=O) groups excluding carboxylic acids is 2. The van der Waals surface area contributed by atoms with Crippen LogP contribution < -0.4 is 5.32 Å². The fourth-order valence-corrected chi connectivity index (χ4v) is 5.56. The van der Waals surface area contributed by atoms with Crippen LogP contribution in [0.15, 0.2) is 23.7 Å². The third kappa shape index (κ3) is 3.12. The summed E-state index contributed by atoms with van der Waals surface area (Å²) >= 11 is 1.55. The first-order valence-electron chi connectivity index (χ1n) is 9.73. The zero-order valence-corrected chi connectivity index (χ0v) is 15.9. The molecule has 5 rings (SSSR count). The Morgan fingerprint density at radius 3 is 2.74 bits per heavy atom. The Bertz CT molecular complexity index is 862. The van der Waals surface area contributed by atoms with E-state index >= 15 is 0 Å². The van der Waals surface area contributed by atoms with Crippen molar-refractivity contribution >= 4 is 33.4 Å². The maximum atomic E-state index is 12.8. The van der Waals surface area contributed by atoms with Crippen LogP contribution in [0.3, 0.4) is 0 Å². The van der Waals surface area contributed by atoms with Crippen LogP contribution in [0.4, 0.5) is 0 Å². The molecule has 1 aliphatic carbocycles. The van der Waals surface area contributed by atoms with Gasteiger partial charge in [-0.3, -0.25) is 9.59 Å². The third-order valence-corrected chi connectivity index (χ3v) is 7.03. The second-order valence-corrected chi connectivity index (χ2v) is 8.76. The number of fused-ring (bicyclic) bond motifs is 3. The topological polar surface area (TPSA) is 71.5 Å². The van der Waals surface area contributed by atoms with Crippen molar-refractivity contribution in [2.24, 2.45) is 11.8 Å². The first kappa shape index (κ1) is 17.1. The summed E-state index contributed by atoms with van der Waals surface area (Å²) in [6.45, 7) is 2.15. The number of aromatic nitrogens is 1. The van der Waals surface area contributed by atoms with Crippen LogP contribution in [0.25, 0.3) is 10.2 Å². The van der Waals surface area contributed by atoms with Gasteiger partial charge in [0.2, 0.25) is 0 Å². The van der Waals surface area contributed by atoms with E-state index in [1.54, 1.807) is 16.8 Å². The van der Waals surface area contributed by atoms with Crippen molar-refractivity contribution in [1.82, 2.24) is 15.2 Å². The van der Waals surface area contributed by atoms with Gasteiger partial charge >= 0.3 is 0 Å². The molecule has 3 heterocycles. The highest BCUT2D eigenvalue weighted by molar-refractivity contribution is 7.16. The van der Waals surface area contributed by atoms with Crippen molar-refractivity contribution in [3.63, 3.8) is 0 Å². The van der Waals surface area contributed by atoms with E-state index in [1.165, 1.54) is 0 Å². The van der Waals surface area contributed by atoms with Crippen LogP contribution in [0.2, 0.25) is 0 Å². The number of hydrogen-bond donors (Lipinski definition) is 1. The largest absolute Gasteiger partial charge is 0.368 e. The summed E-state index contributed by atoms with van der Waals surface area (Å²) in [6, 6.07) is 5.82. The van der Waals surface area contributed by atoms with Crippen LogP contribution in [0.5, 0.6) is 0 Å². The first-order chi connectivity index (χ1) is 13.2. The molecule has 1 aromatic heterocycles. The molecule has 0 radical (unpaired) electrons. The Kier molecular flexibility index (Phi) is 4.36. The van der Waals surface area contributed by atoms with E-state index < -0.39 is 0 Å². The van der Waals surface area contributed by atoms with Crippen molar-refractivity contribution in [3.8, 4) is 0 Å². The van der Waals surface area contributed by atoms with Gasteiger partial charge in [-0.2, -0.15) is 0 Å². The van der Waals surface area contributed by atoms with E-state index in [-0.39, 0.29) is 24.0 Å². The molecule has 0 spiro atoms. The SMILES string of the molecule is O=C(NC1[C@@H]2CC[C@H]1CN(C(=O)C1CCCO1)C2)c1ccc2ncsc2c1. The summed E-state index contributed by atoms with van der Waals surface area (Å²) < 4.78 is 6.60. The van der Waals surface area contributed by atoms with Crippen molar-refractivity contribution in [2.45, 2.75) is 37.8 Å². The summed E-state index contributed by atoms with van der Waals surface area (Å²) in [6.07, 6.45) is 3.70. The molecule has 4 atom stereocenters. The number of nitrogens with zero attached hydrogens (tertiary/aromatic N) is 2. The monoisotopic (exact) mass is 385 g/mol. The minimum atomic E-state index is -0.248. The van der Waals surface area contributed by atoms with Gasteiger partial charge in [-0.05, 0) is 55.7 Å². The minimum Gasteiger partial charge on any atom is -0.368 e. The maximum Gasteiger partial charge on any atom is 0.251 e. The highest BCUT2D eigenvalue weighted by Crippen LogP contribution is 2.38. The highest BCUT2D eigenvalue weighted by atomic mass is 32.1. The number of hydrogen-bond acceptors (Lipinski definition) is 5. The van der Waals surface area contributed by atoms with Crippen LogP contribution in [-0.2, 0) is 9.53 Å². The molecule has 1 saturated carbocycles. The summed E-state index contributed by atoms with van der Waals surface area (Å²) in [5.74, 6) is 0.798. The van der Waals surface area contributed by atoms with Gasteiger partial charge in [0.25, 0.3) is 11.8 Å². The van der Waals surface area contributed by atoms with Crippen molar-refractivity contribution in [2.75, 3.05) is 19.7 Å². The molecule has 1 N–H and O–H groups in total. The lowest BCUT2D eigenvalue weighted by Crippen LogP contribution is -2.55. The average molecular weight is 385 g/mol. The summed E-state index contributed by atoms with van der Waals surface area (Å²) in [7, 11) is 0. The molecular weight excluding hydrogens is 362 g/mol. The van der Waals surface area contributed by atoms with Crippen molar-refractivity contribution in [3.05, 3.63) is 29.3 Å². The van der Waals surface area contributed by atoms with Gasteiger partial charge in [0.15, 0.2) is 0 Å². The van der Waals surface area contributed by atoms with Crippen molar-refractivity contribution < 1.29 is 14.3 Å². The summed E-state index contributed by atoms with van der Waals surface area (Å²) in [4.78, 5) is 31.7. The Morgan fingerprint density at radius 2 is 2.00 bits per heavy atom. The molecule has 3 aliphatic rings. The smallest absolute Gasteiger partial charge is 0.251 e. The number of benzene rings is 1. The predicted octanol–water partition coefficient (Wildman–Crippen LogP) is 2.44. The molecule has 1 aromatic carbocycles. The second-order valence-electron chi connectivity index (χ2n) is 7.88. The number of rotatable bonds is 3. The molecule has 2 unspecified atom stereocenters. The van der Waals surface area contributed by atoms with E-state index in [0.29, 0.717) is 24.0 Å². The van der Waals surface area contributed by atoms with Gasteiger partial charge in [-0.25, -0.2) is 4.98 Å². The Labute approximate surface area is 161 Å². The second kappa shape index (κ2) is 6.87. The van der Waals surface area contributed by atoms with Crippen LogP contribution in [0.1, 0.15) is 36.0 Å². The molecule has 2 bridgehead atoms. The minimum absolute atomic E-state index is 0.0221. The lowest BCUT2D eigenvalue weighted by molar-refractivity contribution is -0.143. The number of thiazole rings is 1. The van der Waals surface area contributed by atoms with Gasteiger partial charge < -0.3 is 15.0 Å². The first-order valence-corrected chi connectivity index (χ1v) is 10.6.